The lowest BCUT2D eigenvalue weighted by Crippen LogP contribution is -2.04. The average molecular weight is 202 g/mol. The van der Waals surface area contributed by atoms with Gasteiger partial charge in [-0.05, 0) is 17.7 Å². The van der Waals surface area contributed by atoms with Crippen LogP contribution in [0.2, 0.25) is 0 Å². The van der Waals surface area contributed by atoms with Gasteiger partial charge in [-0.3, -0.25) is 0 Å². The predicted molar refractivity (Wildman–Crippen MR) is 44.4 cm³/mol. The molecule has 0 fully saturated rings. The molecule has 0 aliphatic heterocycles. The van der Waals surface area contributed by atoms with Gasteiger partial charge in [0.1, 0.15) is 6.21 Å². The second-order valence-electron chi connectivity index (χ2n) is 2.63. The summed E-state index contributed by atoms with van der Waals surface area (Å²) in [6.45, 7) is 0. The average Bonchev–Trinajstić information content (AvgIpc) is 2.14. The smallest absolute Gasteiger partial charge is 0.411 e. The molecule has 75 valence electrons. The summed E-state index contributed by atoms with van der Waals surface area (Å²) in [5.41, 5.74) is -0.0852. The largest absolute Gasteiger partial charge is 0.416 e. The van der Waals surface area contributed by atoms with E-state index in [2.05, 4.69) is 11.4 Å². The van der Waals surface area contributed by atoms with E-state index in [0.717, 1.165) is 12.1 Å². The van der Waals surface area contributed by atoms with Crippen LogP contribution in [0.15, 0.2) is 29.4 Å². The highest BCUT2D eigenvalue weighted by Crippen LogP contribution is 2.28. The van der Waals surface area contributed by atoms with Gasteiger partial charge in [-0.1, -0.05) is 17.3 Å². The van der Waals surface area contributed by atoms with Crippen molar-refractivity contribution < 1.29 is 18.4 Å². The molecule has 1 aromatic carbocycles. The lowest BCUT2D eigenvalue weighted by molar-refractivity contribution is -0.137. The summed E-state index contributed by atoms with van der Waals surface area (Å²) in [7, 11) is 0. The van der Waals surface area contributed by atoms with E-state index in [4.69, 9.17) is 5.21 Å². The number of benzene rings is 1. The molecule has 0 aliphatic rings. The van der Waals surface area contributed by atoms with Crippen molar-refractivity contribution in [1.82, 2.24) is 0 Å². The van der Waals surface area contributed by atoms with Crippen molar-refractivity contribution in [2.45, 2.75) is 12.6 Å². The lowest BCUT2D eigenvalue weighted by atomic mass is 10.1. The quantitative estimate of drug-likeness (QED) is 0.446. The molecule has 5 heteroatoms. The number of halogens is 3. The van der Waals surface area contributed by atoms with E-state index in [9.17, 15) is 13.2 Å². The molecule has 1 radical (unpaired) electrons. The fraction of sp³-hybridized carbons (Fsp3) is 0.222. The molecule has 2 nitrogen and oxygen atoms in total. The van der Waals surface area contributed by atoms with Gasteiger partial charge in [0.2, 0.25) is 0 Å². The van der Waals surface area contributed by atoms with Gasteiger partial charge in [0.05, 0.1) is 5.56 Å². The molecule has 1 rings (SSSR count). The van der Waals surface area contributed by atoms with Gasteiger partial charge in [-0.2, -0.15) is 13.2 Å². The molecule has 0 atom stereocenters. The maximum absolute atomic E-state index is 12.1. The first-order valence-corrected chi connectivity index (χ1v) is 3.77. The van der Waals surface area contributed by atoms with Gasteiger partial charge in [-0.25, -0.2) is 0 Å². The topological polar surface area (TPSA) is 32.6 Å². The third kappa shape index (κ3) is 2.76. The molecule has 0 saturated heterocycles. The van der Waals surface area contributed by atoms with Crippen molar-refractivity contribution in [2.75, 3.05) is 0 Å². The minimum absolute atomic E-state index is 0.189. The Morgan fingerprint density at radius 1 is 1.21 bits per heavy atom. The van der Waals surface area contributed by atoms with Crippen LogP contribution >= 0.6 is 0 Å². The molecule has 0 aromatic heterocycles. The Bertz CT molecular complexity index is 316. The Morgan fingerprint density at radius 3 is 2.21 bits per heavy atom. The van der Waals surface area contributed by atoms with Crippen molar-refractivity contribution in [1.29, 1.82) is 0 Å². The van der Waals surface area contributed by atoms with E-state index in [1.165, 1.54) is 12.1 Å². The lowest BCUT2D eigenvalue weighted by Gasteiger charge is -2.06. The van der Waals surface area contributed by atoms with Gasteiger partial charge in [0.15, 0.2) is 0 Å². The van der Waals surface area contributed by atoms with Crippen LogP contribution in [-0.4, -0.2) is 11.4 Å². The van der Waals surface area contributed by atoms with Crippen molar-refractivity contribution in [3.8, 4) is 0 Å². The van der Waals surface area contributed by atoms with Crippen LogP contribution in [0, 0.1) is 0 Å². The van der Waals surface area contributed by atoms with Crippen molar-refractivity contribution >= 4 is 6.21 Å². The Kier molecular flexibility index (Phi) is 3.11. The van der Waals surface area contributed by atoms with Crippen LogP contribution in [0.4, 0.5) is 13.2 Å². The molecule has 0 bridgehead atoms. The SMILES string of the molecule is ON=[C]Cc1ccc(C(F)(F)F)cc1. The van der Waals surface area contributed by atoms with Crippen molar-refractivity contribution in [2.24, 2.45) is 5.16 Å². The zero-order chi connectivity index (χ0) is 10.6. The first-order valence-electron chi connectivity index (χ1n) is 3.77. The third-order valence-corrected chi connectivity index (χ3v) is 1.64. The van der Waals surface area contributed by atoms with E-state index in [1.807, 2.05) is 0 Å². The molecule has 1 aromatic rings. The Hall–Kier alpha value is -1.52. The second kappa shape index (κ2) is 4.13. The molecule has 0 heterocycles. The predicted octanol–water partition coefficient (Wildman–Crippen LogP) is 2.58. The number of hydrogen-bond donors (Lipinski definition) is 1. The fourth-order valence-electron chi connectivity index (χ4n) is 0.938. The van der Waals surface area contributed by atoms with Crippen LogP contribution in [-0.2, 0) is 12.6 Å². The number of alkyl halides is 3. The van der Waals surface area contributed by atoms with Crippen LogP contribution in [0.1, 0.15) is 11.1 Å². The zero-order valence-corrected chi connectivity index (χ0v) is 7.04. The summed E-state index contributed by atoms with van der Waals surface area (Å²) in [4.78, 5) is 0. The summed E-state index contributed by atoms with van der Waals surface area (Å²) in [5.74, 6) is 0. The summed E-state index contributed by atoms with van der Waals surface area (Å²) < 4.78 is 36.3. The first kappa shape index (κ1) is 10.6. The van der Waals surface area contributed by atoms with Crippen LogP contribution in [0.5, 0.6) is 0 Å². The molecule has 0 unspecified atom stereocenters. The van der Waals surface area contributed by atoms with E-state index in [1.54, 1.807) is 0 Å². The number of nitrogens with zero attached hydrogens (tertiary/aromatic N) is 1. The number of hydrogen-bond acceptors (Lipinski definition) is 2. The van der Waals surface area contributed by atoms with Gasteiger partial charge in [-0.15, -0.1) is 0 Å². The molecule has 0 aliphatic carbocycles. The van der Waals surface area contributed by atoms with Gasteiger partial charge < -0.3 is 5.21 Å². The maximum Gasteiger partial charge on any atom is 0.416 e. The monoisotopic (exact) mass is 202 g/mol. The van der Waals surface area contributed by atoms with E-state index in [-0.39, 0.29) is 6.42 Å². The van der Waals surface area contributed by atoms with Gasteiger partial charge in [0.25, 0.3) is 0 Å². The van der Waals surface area contributed by atoms with Crippen LogP contribution in [0.25, 0.3) is 0 Å². The minimum Gasteiger partial charge on any atom is -0.411 e. The Balaban J connectivity index is 2.79. The third-order valence-electron chi connectivity index (χ3n) is 1.64. The van der Waals surface area contributed by atoms with Gasteiger partial charge >= 0.3 is 6.18 Å². The number of rotatable bonds is 2. The van der Waals surface area contributed by atoms with Gasteiger partial charge in [0, 0.05) is 6.42 Å². The van der Waals surface area contributed by atoms with E-state index < -0.39 is 11.7 Å². The molecular formula is C9H7F3NO. The van der Waals surface area contributed by atoms with Crippen LogP contribution < -0.4 is 0 Å². The standard InChI is InChI=1S/C9H7F3NO/c10-9(11,12)8-3-1-7(2-4-8)5-6-13-14/h1-4,14H,5H2. The molecule has 14 heavy (non-hydrogen) atoms. The summed E-state index contributed by atoms with van der Waals surface area (Å²) in [5, 5.41) is 10.7. The van der Waals surface area contributed by atoms with Crippen molar-refractivity contribution in [3.63, 3.8) is 0 Å². The zero-order valence-electron chi connectivity index (χ0n) is 7.04. The highest BCUT2D eigenvalue weighted by molar-refractivity contribution is 5.60. The highest BCUT2D eigenvalue weighted by atomic mass is 19.4. The maximum atomic E-state index is 12.1. The van der Waals surface area contributed by atoms with E-state index in [0.29, 0.717) is 5.56 Å². The molecule has 1 N–H and O–H groups in total. The fourth-order valence-corrected chi connectivity index (χ4v) is 0.938. The first-order chi connectivity index (χ1) is 6.54. The highest BCUT2D eigenvalue weighted by Gasteiger charge is 2.29. The summed E-state index contributed by atoms with van der Waals surface area (Å²) >= 11 is 0. The van der Waals surface area contributed by atoms with Crippen molar-refractivity contribution in [3.05, 3.63) is 35.4 Å². The second-order valence-corrected chi connectivity index (χ2v) is 2.63. The summed E-state index contributed by atoms with van der Waals surface area (Å²) in [6, 6.07) is 4.60. The Labute approximate surface area is 78.7 Å². The molecule has 0 spiro atoms. The summed E-state index contributed by atoms with van der Waals surface area (Å²) in [6.07, 6.45) is -1.90. The molecule has 0 amide bonds. The normalized spacial score (nSPS) is 12.2. The molecular weight excluding hydrogens is 195 g/mol. The van der Waals surface area contributed by atoms with E-state index >= 15 is 0 Å². The van der Waals surface area contributed by atoms with Crippen LogP contribution in [0.3, 0.4) is 0 Å². The minimum atomic E-state index is -4.31. The Morgan fingerprint density at radius 2 is 1.79 bits per heavy atom. The molecule has 0 saturated carbocycles.